The molecule has 1 atom stereocenters. The second-order valence-electron chi connectivity index (χ2n) is 5.34. The lowest BCUT2D eigenvalue weighted by atomic mass is 10.1. The first-order valence-corrected chi connectivity index (χ1v) is 9.22. The van der Waals surface area contributed by atoms with Crippen molar-refractivity contribution in [2.24, 2.45) is 0 Å². The molecule has 1 aliphatic heterocycles. The van der Waals surface area contributed by atoms with Crippen LogP contribution in [0, 0.1) is 0 Å². The molecule has 1 aromatic heterocycles. The van der Waals surface area contributed by atoms with E-state index in [0.29, 0.717) is 6.10 Å². The maximum atomic E-state index is 5.88. The molecular formula is C15H25BrN2OS. The molecule has 1 aromatic rings. The maximum absolute atomic E-state index is 5.88. The summed E-state index contributed by atoms with van der Waals surface area (Å²) in [5.41, 5.74) is 0. The van der Waals surface area contributed by atoms with Gasteiger partial charge in [-0.3, -0.25) is 4.90 Å². The highest BCUT2D eigenvalue weighted by atomic mass is 79.9. The smallest absolute Gasteiger partial charge is 0.0702 e. The van der Waals surface area contributed by atoms with Crippen molar-refractivity contribution in [2.45, 2.75) is 38.8 Å². The summed E-state index contributed by atoms with van der Waals surface area (Å²) < 4.78 is 7.06. The third-order valence-corrected chi connectivity index (χ3v) is 5.24. The Hall–Kier alpha value is 0.0600. The number of piperidine rings is 1. The second-order valence-corrected chi connectivity index (χ2v) is 7.26. The van der Waals surface area contributed by atoms with E-state index < -0.39 is 0 Å². The number of rotatable bonds is 8. The standard InChI is InChI=1S/C15H25BrN2OS/c1-2-8-19-14-4-3-6-18(11-14)7-5-17-10-15-9-13(16)12-20-15/h9,12,14,17H,2-8,10-11H2,1H3. The van der Waals surface area contributed by atoms with Crippen LogP contribution >= 0.6 is 27.3 Å². The molecule has 1 N–H and O–H groups in total. The average molecular weight is 361 g/mol. The second kappa shape index (κ2) is 9.15. The molecule has 1 unspecified atom stereocenters. The Kier molecular flexibility index (Phi) is 7.52. The van der Waals surface area contributed by atoms with Gasteiger partial charge in [0.2, 0.25) is 0 Å². The molecule has 3 nitrogen and oxygen atoms in total. The maximum Gasteiger partial charge on any atom is 0.0702 e. The molecule has 2 heterocycles. The van der Waals surface area contributed by atoms with Crippen LogP contribution in [0.5, 0.6) is 0 Å². The van der Waals surface area contributed by atoms with Crippen molar-refractivity contribution >= 4 is 27.3 Å². The Morgan fingerprint density at radius 2 is 2.45 bits per heavy atom. The van der Waals surface area contributed by atoms with Gasteiger partial charge in [-0.25, -0.2) is 0 Å². The molecular weight excluding hydrogens is 336 g/mol. The molecule has 2 rings (SSSR count). The van der Waals surface area contributed by atoms with Crippen LogP contribution in [0.4, 0.5) is 0 Å². The van der Waals surface area contributed by atoms with E-state index in [1.54, 1.807) is 11.3 Å². The number of ether oxygens (including phenoxy) is 1. The van der Waals surface area contributed by atoms with Crippen molar-refractivity contribution < 1.29 is 4.74 Å². The highest BCUT2D eigenvalue weighted by Gasteiger charge is 2.19. The summed E-state index contributed by atoms with van der Waals surface area (Å²) in [6.07, 6.45) is 4.07. The summed E-state index contributed by atoms with van der Waals surface area (Å²) in [5.74, 6) is 0. The molecule has 0 saturated carbocycles. The molecule has 0 radical (unpaired) electrons. The fourth-order valence-corrected chi connectivity index (χ4v) is 3.95. The molecule has 5 heteroatoms. The summed E-state index contributed by atoms with van der Waals surface area (Å²) in [5, 5.41) is 5.66. The normalized spacial score (nSPS) is 20.4. The molecule has 0 aromatic carbocycles. The average Bonchev–Trinajstić information content (AvgIpc) is 2.87. The highest BCUT2D eigenvalue weighted by Crippen LogP contribution is 2.19. The molecule has 1 saturated heterocycles. The van der Waals surface area contributed by atoms with Gasteiger partial charge in [0.1, 0.15) is 0 Å². The van der Waals surface area contributed by atoms with Crippen molar-refractivity contribution in [1.82, 2.24) is 10.2 Å². The number of hydrogen-bond acceptors (Lipinski definition) is 4. The fourth-order valence-electron chi connectivity index (χ4n) is 2.53. The zero-order valence-electron chi connectivity index (χ0n) is 12.2. The minimum atomic E-state index is 0.456. The summed E-state index contributed by atoms with van der Waals surface area (Å²) in [4.78, 5) is 3.92. The number of likely N-dealkylation sites (tertiary alicyclic amines) is 1. The monoisotopic (exact) mass is 360 g/mol. The minimum Gasteiger partial charge on any atom is -0.377 e. The van der Waals surface area contributed by atoms with Crippen molar-refractivity contribution in [3.05, 3.63) is 20.8 Å². The van der Waals surface area contributed by atoms with E-state index in [1.165, 1.54) is 28.7 Å². The number of thiophene rings is 1. The first kappa shape index (κ1) is 16.4. The predicted molar refractivity (Wildman–Crippen MR) is 89.4 cm³/mol. The van der Waals surface area contributed by atoms with E-state index in [9.17, 15) is 0 Å². The van der Waals surface area contributed by atoms with Crippen LogP contribution in [0.1, 0.15) is 31.1 Å². The fraction of sp³-hybridized carbons (Fsp3) is 0.733. The lowest BCUT2D eigenvalue weighted by Crippen LogP contribution is -2.42. The Morgan fingerprint density at radius 3 is 3.20 bits per heavy atom. The Balaban J connectivity index is 1.58. The van der Waals surface area contributed by atoms with Crippen molar-refractivity contribution in [1.29, 1.82) is 0 Å². The van der Waals surface area contributed by atoms with Gasteiger partial charge in [0.15, 0.2) is 0 Å². The highest BCUT2D eigenvalue weighted by molar-refractivity contribution is 9.10. The first-order valence-electron chi connectivity index (χ1n) is 7.55. The van der Waals surface area contributed by atoms with Gasteiger partial charge in [0.25, 0.3) is 0 Å². The van der Waals surface area contributed by atoms with E-state index in [-0.39, 0.29) is 0 Å². The first-order chi connectivity index (χ1) is 9.78. The van der Waals surface area contributed by atoms with Gasteiger partial charge in [-0.15, -0.1) is 11.3 Å². The van der Waals surface area contributed by atoms with Crippen molar-refractivity contribution in [3.8, 4) is 0 Å². The SMILES string of the molecule is CCCOC1CCCN(CCNCc2cc(Br)cs2)C1. The summed E-state index contributed by atoms with van der Waals surface area (Å²) in [6, 6.07) is 2.19. The van der Waals surface area contributed by atoms with Gasteiger partial charge in [-0.2, -0.15) is 0 Å². The number of halogens is 1. The van der Waals surface area contributed by atoms with Crippen LogP contribution in [0.3, 0.4) is 0 Å². The van der Waals surface area contributed by atoms with Gasteiger partial charge in [-0.05, 0) is 47.8 Å². The quantitative estimate of drug-likeness (QED) is 0.718. The lowest BCUT2D eigenvalue weighted by Gasteiger charge is -2.32. The number of hydrogen-bond donors (Lipinski definition) is 1. The van der Waals surface area contributed by atoms with Crippen LogP contribution in [0.15, 0.2) is 15.9 Å². The largest absolute Gasteiger partial charge is 0.377 e. The van der Waals surface area contributed by atoms with Crippen LogP contribution in [0.25, 0.3) is 0 Å². The van der Waals surface area contributed by atoms with Crippen LogP contribution in [0.2, 0.25) is 0 Å². The van der Waals surface area contributed by atoms with Crippen LogP contribution in [-0.2, 0) is 11.3 Å². The van der Waals surface area contributed by atoms with Gasteiger partial charge >= 0.3 is 0 Å². The van der Waals surface area contributed by atoms with E-state index in [4.69, 9.17) is 4.74 Å². The van der Waals surface area contributed by atoms with Gasteiger partial charge < -0.3 is 10.1 Å². The van der Waals surface area contributed by atoms with Crippen molar-refractivity contribution in [3.63, 3.8) is 0 Å². The summed E-state index contributed by atoms with van der Waals surface area (Å²) in [7, 11) is 0. The molecule has 0 bridgehead atoms. The predicted octanol–water partition coefficient (Wildman–Crippen LogP) is 3.49. The lowest BCUT2D eigenvalue weighted by molar-refractivity contribution is 0.000356. The van der Waals surface area contributed by atoms with Crippen molar-refractivity contribution in [2.75, 3.05) is 32.8 Å². The van der Waals surface area contributed by atoms with E-state index in [0.717, 1.165) is 39.2 Å². The molecule has 114 valence electrons. The Morgan fingerprint density at radius 1 is 1.55 bits per heavy atom. The zero-order chi connectivity index (χ0) is 14.2. The molecule has 0 aliphatic carbocycles. The molecule has 0 amide bonds. The molecule has 1 aliphatic rings. The number of nitrogens with zero attached hydrogens (tertiary/aromatic N) is 1. The third kappa shape index (κ3) is 5.82. The number of nitrogens with one attached hydrogen (secondary N) is 1. The van der Waals surface area contributed by atoms with Crippen LogP contribution in [-0.4, -0.2) is 43.8 Å². The van der Waals surface area contributed by atoms with Gasteiger partial charge in [0, 0.05) is 47.5 Å². The summed E-state index contributed by atoms with van der Waals surface area (Å²) in [6.45, 7) is 8.55. The van der Waals surface area contributed by atoms with E-state index in [1.807, 2.05) is 0 Å². The van der Waals surface area contributed by atoms with E-state index >= 15 is 0 Å². The molecule has 20 heavy (non-hydrogen) atoms. The van der Waals surface area contributed by atoms with Gasteiger partial charge in [-0.1, -0.05) is 6.92 Å². The third-order valence-electron chi connectivity index (χ3n) is 3.55. The zero-order valence-corrected chi connectivity index (χ0v) is 14.6. The molecule has 0 spiro atoms. The topological polar surface area (TPSA) is 24.5 Å². The Labute approximate surface area is 134 Å². The molecule has 1 fully saturated rings. The Bertz CT molecular complexity index is 386. The van der Waals surface area contributed by atoms with E-state index in [2.05, 4.69) is 44.5 Å². The minimum absolute atomic E-state index is 0.456. The van der Waals surface area contributed by atoms with Gasteiger partial charge in [0.05, 0.1) is 6.10 Å². The summed E-state index contributed by atoms with van der Waals surface area (Å²) >= 11 is 5.29. The van der Waals surface area contributed by atoms with Crippen LogP contribution < -0.4 is 5.32 Å².